The largest absolute Gasteiger partial charge is 0.487 e. The molecule has 2 aromatic carbocycles. The molecule has 6 heteroatoms. The standard InChI is InChI=1S/C25H31NO5/c1-16-11-19-20(27)14-25(31-23(19)12-17(16)2)5-7-26(8-6-25)15-21(28)18-3-4-22-24(13-18)30-10-9-29-22/h3-4,11-13,20-21,27-28H,5-10,14-15H2,1-2H3/t20-,21-/m0/s1. The van der Waals surface area contributed by atoms with E-state index in [1.165, 1.54) is 11.1 Å². The summed E-state index contributed by atoms with van der Waals surface area (Å²) in [5.74, 6) is 2.27. The van der Waals surface area contributed by atoms with Gasteiger partial charge >= 0.3 is 0 Å². The van der Waals surface area contributed by atoms with Crippen molar-refractivity contribution in [2.75, 3.05) is 32.8 Å². The van der Waals surface area contributed by atoms with Crippen molar-refractivity contribution in [3.8, 4) is 17.2 Å². The Morgan fingerprint density at radius 3 is 2.48 bits per heavy atom. The van der Waals surface area contributed by atoms with Crippen LogP contribution in [0.3, 0.4) is 0 Å². The number of hydrogen-bond acceptors (Lipinski definition) is 6. The number of β-amino-alcohol motifs (C(OH)–C–C–N with tert-alkyl or cyclic N) is 1. The molecule has 5 rings (SSSR count). The molecule has 1 fully saturated rings. The molecule has 0 aliphatic carbocycles. The predicted molar refractivity (Wildman–Crippen MR) is 117 cm³/mol. The summed E-state index contributed by atoms with van der Waals surface area (Å²) in [5.41, 5.74) is 3.79. The molecule has 3 aliphatic rings. The number of hydrogen-bond donors (Lipinski definition) is 2. The minimum Gasteiger partial charge on any atom is -0.487 e. The Hall–Kier alpha value is -2.28. The fourth-order valence-corrected chi connectivity index (χ4v) is 4.96. The van der Waals surface area contributed by atoms with Gasteiger partial charge in [0.15, 0.2) is 11.5 Å². The molecule has 3 heterocycles. The summed E-state index contributed by atoms with van der Waals surface area (Å²) in [6, 6.07) is 9.78. The van der Waals surface area contributed by atoms with E-state index in [4.69, 9.17) is 14.2 Å². The van der Waals surface area contributed by atoms with Crippen LogP contribution in [0.25, 0.3) is 0 Å². The van der Waals surface area contributed by atoms with Crippen molar-refractivity contribution in [1.82, 2.24) is 4.90 Å². The van der Waals surface area contributed by atoms with Gasteiger partial charge in [-0.25, -0.2) is 0 Å². The number of aliphatic hydroxyl groups is 2. The number of aryl methyl sites for hydroxylation is 2. The van der Waals surface area contributed by atoms with Gasteiger partial charge in [0.2, 0.25) is 0 Å². The maximum Gasteiger partial charge on any atom is 0.161 e. The van der Waals surface area contributed by atoms with Gasteiger partial charge in [0.25, 0.3) is 0 Å². The second-order valence-corrected chi connectivity index (χ2v) is 9.20. The van der Waals surface area contributed by atoms with Crippen LogP contribution in [0.5, 0.6) is 17.2 Å². The van der Waals surface area contributed by atoms with Gasteiger partial charge in [-0.15, -0.1) is 0 Å². The summed E-state index contributed by atoms with van der Waals surface area (Å²) in [6.45, 7) is 7.46. The van der Waals surface area contributed by atoms with Crippen LogP contribution in [-0.4, -0.2) is 53.6 Å². The minimum absolute atomic E-state index is 0.327. The molecule has 0 amide bonds. The Balaban J connectivity index is 1.23. The average Bonchev–Trinajstić information content (AvgIpc) is 2.77. The minimum atomic E-state index is -0.589. The van der Waals surface area contributed by atoms with Gasteiger partial charge in [-0.3, -0.25) is 0 Å². The second-order valence-electron chi connectivity index (χ2n) is 9.20. The van der Waals surface area contributed by atoms with Gasteiger partial charge in [0.1, 0.15) is 24.6 Å². The number of piperidine rings is 1. The number of nitrogens with zero attached hydrogens (tertiary/aromatic N) is 1. The van der Waals surface area contributed by atoms with Gasteiger partial charge in [-0.05, 0) is 67.6 Å². The molecule has 3 aliphatic heterocycles. The quantitative estimate of drug-likeness (QED) is 0.785. The van der Waals surface area contributed by atoms with E-state index in [1.54, 1.807) is 0 Å². The summed E-state index contributed by atoms with van der Waals surface area (Å²) in [7, 11) is 0. The molecule has 2 N–H and O–H groups in total. The monoisotopic (exact) mass is 425 g/mol. The fraction of sp³-hybridized carbons (Fsp3) is 0.520. The lowest BCUT2D eigenvalue weighted by Gasteiger charge is -2.46. The molecule has 0 bridgehead atoms. The smallest absolute Gasteiger partial charge is 0.161 e. The van der Waals surface area contributed by atoms with Crippen LogP contribution in [0.15, 0.2) is 30.3 Å². The lowest BCUT2D eigenvalue weighted by Crippen LogP contribution is -2.51. The van der Waals surface area contributed by atoms with E-state index in [9.17, 15) is 10.2 Å². The zero-order valence-corrected chi connectivity index (χ0v) is 18.3. The Morgan fingerprint density at radius 1 is 1.00 bits per heavy atom. The van der Waals surface area contributed by atoms with Crippen molar-refractivity contribution in [2.24, 2.45) is 0 Å². The van der Waals surface area contributed by atoms with Crippen LogP contribution in [0.4, 0.5) is 0 Å². The molecule has 166 valence electrons. The van der Waals surface area contributed by atoms with Gasteiger partial charge in [-0.1, -0.05) is 6.07 Å². The van der Waals surface area contributed by atoms with Crippen molar-refractivity contribution >= 4 is 0 Å². The Labute approximate surface area is 183 Å². The van der Waals surface area contributed by atoms with E-state index < -0.39 is 12.2 Å². The Morgan fingerprint density at radius 2 is 1.71 bits per heavy atom. The van der Waals surface area contributed by atoms with E-state index in [1.807, 2.05) is 18.2 Å². The number of rotatable bonds is 3. The van der Waals surface area contributed by atoms with Crippen molar-refractivity contribution in [3.63, 3.8) is 0 Å². The normalized spacial score (nSPS) is 23.2. The first-order chi connectivity index (χ1) is 14.9. The van der Waals surface area contributed by atoms with Crippen molar-refractivity contribution in [1.29, 1.82) is 0 Å². The van der Waals surface area contributed by atoms with Gasteiger partial charge < -0.3 is 29.3 Å². The second kappa shape index (κ2) is 8.01. The average molecular weight is 426 g/mol. The molecule has 0 saturated carbocycles. The zero-order valence-electron chi connectivity index (χ0n) is 18.3. The van der Waals surface area contributed by atoms with Crippen LogP contribution in [-0.2, 0) is 0 Å². The SMILES string of the molecule is Cc1cc2c(cc1C)[C@@H](O)CC1(CCN(C[C@H](O)c3ccc4c(c3)OCCO4)CC1)O2. The van der Waals surface area contributed by atoms with E-state index in [-0.39, 0.29) is 5.60 Å². The molecular weight excluding hydrogens is 394 g/mol. The summed E-state index contributed by atoms with van der Waals surface area (Å²) < 4.78 is 17.7. The number of aliphatic hydroxyl groups excluding tert-OH is 2. The molecule has 31 heavy (non-hydrogen) atoms. The van der Waals surface area contributed by atoms with Crippen LogP contribution in [0.1, 0.15) is 53.7 Å². The summed E-state index contributed by atoms with van der Waals surface area (Å²) in [4.78, 5) is 2.28. The molecule has 2 aromatic rings. The van der Waals surface area contributed by atoms with E-state index in [2.05, 4.69) is 30.9 Å². The highest BCUT2D eigenvalue weighted by Crippen LogP contribution is 2.45. The van der Waals surface area contributed by atoms with Crippen LogP contribution in [0, 0.1) is 13.8 Å². The molecule has 1 saturated heterocycles. The third-order valence-electron chi connectivity index (χ3n) is 7.03. The number of benzene rings is 2. The maximum atomic E-state index is 10.8. The number of ether oxygens (including phenoxy) is 3. The van der Waals surface area contributed by atoms with Crippen molar-refractivity contribution in [3.05, 3.63) is 52.6 Å². The van der Waals surface area contributed by atoms with Crippen molar-refractivity contribution in [2.45, 2.75) is 50.9 Å². The Bertz CT molecular complexity index is 967. The first-order valence-corrected chi connectivity index (χ1v) is 11.2. The highest BCUT2D eigenvalue weighted by molar-refractivity contribution is 5.45. The zero-order chi connectivity index (χ0) is 21.6. The molecule has 0 aromatic heterocycles. The fourth-order valence-electron chi connectivity index (χ4n) is 4.96. The predicted octanol–water partition coefficient (Wildman–Crippen LogP) is 3.46. The van der Waals surface area contributed by atoms with Crippen LogP contribution in [0.2, 0.25) is 0 Å². The molecule has 0 unspecified atom stereocenters. The van der Waals surface area contributed by atoms with Crippen LogP contribution < -0.4 is 14.2 Å². The lowest BCUT2D eigenvalue weighted by molar-refractivity contribution is -0.0588. The van der Waals surface area contributed by atoms with E-state index >= 15 is 0 Å². The lowest BCUT2D eigenvalue weighted by atomic mass is 9.81. The molecule has 6 nitrogen and oxygen atoms in total. The molecule has 2 atom stereocenters. The summed E-state index contributed by atoms with van der Waals surface area (Å²) in [6.07, 6.45) is 1.22. The van der Waals surface area contributed by atoms with Gasteiger partial charge in [0.05, 0.1) is 12.2 Å². The van der Waals surface area contributed by atoms with Crippen LogP contribution >= 0.6 is 0 Å². The maximum absolute atomic E-state index is 10.8. The van der Waals surface area contributed by atoms with Gasteiger partial charge in [-0.2, -0.15) is 0 Å². The number of likely N-dealkylation sites (tertiary alicyclic amines) is 1. The summed E-state index contributed by atoms with van der Waals surface area (Å²) in [5, 5.41) is 21.6. The number of fused-ring (bicyclic) bond motifs is 2. The molecular formula is C25H31NO5. The third-order valence-corrected chi connectivity index (χ3v) is 7.03. The van der Waals surface area contributed by atoms with E-state index in [0.717, 1.165) is 48.6 Å². The van der Waals surface area contributed by atoms with Crippen molar-refractivity contribution < 1.29 is 24.4 Å². The Kier molecular flexibility index (Phi) is 5.32. The summed E-state index contributed by atoms with van der Waals surface area (Å²) >= 11 is 0. The molecule has 0 radical (unpaired) electrons. The molecule has 1 spiro atoms. The highest BCUT2D eigenvalue weighted by Gasteiger charge is 2.43. The van der Waals surface area contributed by atoms with E-state index in [0.29, 0.717) is 31.9 Å². The first-order valence-electron chi connectivity index (χ1n) is 11.2. The third kappa shape index (κ3) is 4.00. The first kappa shape index (κ1) is 20.6. The topological polar surface area (TPSA) is 71.4 Å². The van der Waals surface area contributed by atoms with Gasteiger partial charge in [0, 0.05) is 31.6 Å². The highest BCUT2D eigenvalue weighted by atomic mass is 16.6.